The van der Waals surface area contributed by atoms with Gasteiger partial charge in [-0.2, -0.15) is 0 Å². The molecule has 0 amide bonds. The summed E-state index contributed by atoms with van der Waals surface area (Å²) in [6, 6.07) is 8.35. The molecule has 3 heteroatoms. The molecule has 0 saturated heterocycles. The second-order valence-electron chi connectivity index (χ2n) is 3.61. The van der Waals surface area contributed by atoms with Gasteiger partial charge in [0.25, 0.3) is 0 Å². The third-order valence-electron chi connectivity index (χ3n) is 2.36. The predicted octanol–water partition coefficient (Wildman–Crippen LogP) is 3.48. The van der Waals surface area contributed by atoms with Gasteiger partial charge in [-0.1, -0.05) is 30.0 Å². The number of thioether (sulfide) groups is 1. The average molecular weight is 233 g/mol. The molecule has 2 nitrogen and oxygen atoms in total. The van der Waals surface area contributed by atoms with Crippen molar-refractivity contribution in [3.8, 4) is 0 Å². The number of fused-ring (bicyclic) bond motifs is 1. The Bertz CT molecular complexity index is 412. The lowest BCUT2D eigenvalue weighted by molar-refractivity contribution is 0.195. The van der Waals surface area contributed by atoms with Gasteiger partial charge in [0.2, 0.25) is 0 Å². The minimum Gasteiger partial charge on any atom is -0.385 e. The Kier molecular flexibility index (Phi) is 4.19. The van der Waals surface area contributed by atoms with Crippen molar-refractivity contribution in [3.63, 3.8) is 0 Å². The summed E-state index contributed by atoms with van der Waals surface area (Å²) in [5.41, 5.74) is 1.20. The van der Waals surface area contributed by atoms with Crippen molar-refractivity contribution in [2.75, 3.05) is 13.7 Å². The number of hydrogen-bond donors (Lipinski definition) is 0. The van der Waals surface area contributed by atoms with Crippen LogP contribution < -0.4 is 0 Å². The molecule has 0 fully saturated rings. The normalized spacial score (nSPS) is 14.2. The van der Waals surface area contributed by atoms with Crippen LogP contribution in [0.25, 0.3) is 0 Å². The Labute approximate surface area is 100 Å². The van der Waals surface area contributed by atoms with Crippen LogP contribution in [0.1, 0.15) is 18.4 Å². The first-order chi connectivity index (χ1) is 7.90. The number of ether oxygens (including phenoxy) is 1. The molecular formula is C13H15NOS. The molecule has 0 spiro atoms. The van der Waals surface area contributed by atoms with Gasteiger partial charge in [0.05, 0.1) is 0 Å². The Morgan fingerprint density at radius 1 is 1.31 bits per heavy atom. The van der Waals surface area contributed by atoms with E-state index >= 15 is 0 Å². The number of aliphatic imine (C=N–C) groups is 1. The van der Waals surface area contributed by atoms with Gasteiger partial charge >= 0.3 is 0 Å². The summed E-state index contributed by atoms with van der Waals surface area (Å²) in [4.78, 5) is 6.91. The van der Waals surface area contributed by atoms with Crippen molar-refractivity contribution in [3.05, 3.63) is 40.9 Å². The minimum absolute atomic E-state index is 0.809. The van der Waals surface area contributed by atoms with Crippen LogP contribution in [0.4, 0.5) is 0 Å². The monoisotopic (exact) mass is 233 g/mol. The molecule has 1 aliphatic rings. The molecule has 16 heavy (non-hydrogen) atoms. The molecule has 0 radical (unpaired) electrons. The first-order valence-electron chi connectivity index (χ1n) is 5.38. The predicted molar refractivity (Wildman–Crippen MR) is 69.1 cm³/mol. The van der Waals surface area contributed by atoms with Crippen LogP contribution in [-0.4, -0.2) is 19.9 Å². The van der Waals surface area contributed by atoms with Gasteiger partial charge in [-0.3, -0.25) is 4.99 Å². The fourth-order valence-corrected chi connectivity index (χ4v) is 2.58. The lowest BCUT2D eigenvalue weighted by Gasteiger charge is -2.06. The Balaban J connectivity index is 2.04. The zero-order valence-electron chi connectivity index (χ0n) is 9.35. The van der Waals surface area contributed by atoms with Crippen LogP contribution in [0, 0.1) is 0 Å². The van der Waals surface area contributed by atoms with Gasteiger partial charge in [-0.05, 0) is 18.9 Å². The van der Waals surface area contributed by atoms with Crippen LogP contribution in [0.2, 0.25) is 0 Å². The van der Waals surface area contributed by atoms with E-state index in [1.807, 2.05) is 30.2 Å². The van der Waals surface area contributed by atoms with Crippen molar-refractivity contribution in [2.24, 2.45) is 4.99 Å². The summed E-state index contributed by atoms with van der Waals surface area (Å²) in [6.07, 6.45) is 5.96. The summed E-state index contributed by atoms with van der Waals surface area (Å²) in [6.45, 7) is 0.809. The van der Waals surface area contributed by atoms with Crippen molar-refractivity contribution in [1.29, 1.82) is 0 Å². The van der Waals surface area contributed by atoms with Gasteiger partial charge < -0.3 is 4.74 Å². The molecule has 0 aliphatic carbocycles. The maximum Gasteiger partial charge on any atom is 0.0465 e. The summed E-state index contributed by atoms with van der Waals surface area (Å²) in [5.74, 6) is 0. The lowest BCUT2D eigenvalue weighted by Crippen LogP contribution is -1.89. The molecule has 84 valence electrons. The van der Waals surface area contributed by atoms with Crippen LogP contribution >= 0.6 is 11.8 Å². The highest BCUT2D eigenvalue weighted by molar-refractivity contribution is 8.03. The maximum absolute atomic E-state index is 5.06. The standard InChI is InChI=1S/C13H15NOS/c1-15-8-4-6-12-10-14-9-11-5-2-3-7-13(11)16-12/h2-3,5,7,9-10H,4,6,8H2,1H3. The molecule has 0 bridgehead atoms. The van der Waals surface area contributed by atoms with Crippen molar-refractivity contribution >= 4 is 18.0 Å². The van der Waals surface area contributed by atoms with E-state index in [4.69, 9.17) is 4.74 Å². The number of allylic oxidation sites excluding steroid dienone is 1. The highest BCUT2D eigenvalue weighted by atomic mass is 32.2. The number of hydrogen-bond acceptors (Lipinski definition) is 3. The fourth-order valence-electron chi connectivity index (χ4n) is 1.55. The van der Waals surface area contributed by atoms with E-state index in [0.29, 0.717) is 0 Å². The molecule has 0 aromatic heterocycles. The quantitative estimate of drug-likeness (QED) is 0.743. The summed E-state index contributed by atoms with van der Waals surface area (Å²) >= 11 is 1.81. The van der Waals surface area contributed by atoms with Crippen molar-refractivity contribution < 1.29 is 4.74 Å². The molecule has 0 saturated carbocycles. The second kappa shape index (κ2) is 5.87. The number of rotatable bonds is 4. The van der Waals surface area contributed by atoms with Gasteiger partial charge in [0, 0.05) is 41.5 Å². The largest absolute Gasteiger partial charge is 0.385 e. The molecular weight excluding hydrogens is 218 g/mol. The SMILES string of the molecule is COCCCC1=CN=Cc2ccccc2S1. The summed E-state index contributed by atoms with van der Waals surface area (Å²) in [7, 11) is 1.74. The van der Waals surface area contributed by atoms with E-state index in [2.05, 4.69) is 23.2 Å². The highest BCUT2D eigenvalue weighted by Crippen LogP contribution is 2.33. The van der Waals surface area contributed by atoms with E-state index in [1.54, 1.807) is 7.11 Å². The lowest BCUT2D eigenvalue weighted by atomic mass is 10.2. The zero-order valence-corrected chi connectivity index (χ0v) is 10.2. The summed E-state index contributed by atoms with van der Waals surface area (Å²) in [5, 5.41) is 0. The van der Waals surface area contributed by atoms with Gasteiger partial charge in [-0.25, -0.2) is 0 Å². The smallest absolute Gasteiger partial charge is 0.0465 e. The molecule has 1 aliphatic heterocycles. The Morgan fingerprint density at radius 2 is 2.19 bits per heavy atom. The Morgan fingerprint density at radius 3 is 3.06 bits per heavy atom. The van der Waals surface area contributed by atoms with Crippen LogP contribution in [0.5, 0.6) is 0 Å². The second-order valence-corrected chi connectivity index (χ2v) is 4.78. The first-order valence-corrected chi connectivity index (χ1v) is 6.20. The number of nitrogens with zero attached hydrogens (tertiary/aromatic N) is 1. The molecule has 1 heterocycles. The van der Waals surface area contributed by atoms with Crippen LogP contribution in [0.15, 0.2) is 45.3 Å². The summed E-state index contributed by atoms with van der Waals surface area (Å²) < 4.78 is 5.06. The first kappa shape index (κ1) is 11.4. The maximum atomic E-state index is 5.06. The molecule has 0 atom stereocenters. The van der Waals surface area contributed by atoms with Gasteiger partial charge in [0.1, 0.15) is 0 Å². The topological polar surface area (TPSA) is 21.6 Å². The van der Waals surface area contributed by atoms with E-state index in [9.17, 15) is 0 Å². The fraction of sp³-hybridized carbons (Fsp3) is 0.308. The van der Waals surface area contributed by atoms with Crippen LogP contribution in [0.3, 0.4) is 0 Å². The van der Waals surface area contributed by atoms with E-state index in [0.717, 1.165) is 19.4 Å². The number of methoxy groups -OCH3 is 1. The molecule has 0 N–H and O–H groups in total. The third kappa shape index (κ3) is 2.97. The van der Waals surface area contributed by atoms with Gasteiger partial charge in [0.15, 0.2) is 0 Å². The average Bonchev–Trinajstić information content (AvgIpc) is 2.51. The van der Waals surface area contributed by atoms with E-state index in [1.165, 1.54) is 15.4 Å². The highest BCUT2D eigenvalue weighted by Gasteiger charge is 2.07. The van der Waals surface area contributed by atoms with Crippen molar-refractivity contribution in [2.45, 2.75) is 17.7 Å². The molecule has 1 aromatic carbocycles. The minimum atomic E-state index is 0.809. The molecule has 0 unspecified atom stereocenters. The van der Waals surface area contributed by atoms with Crippen LogP contribution in [-0.2, 0) is 4.74 Å². The molecule has 2 rings (SSSR count). The van der Waals surface area contributed by atoms with Gasteiger partial charge in [-0.15, -0.1) is 0 Å². The zero-order chi connectivity index (χ0) is 11.2. The van der Waals surface area contributed by atoms with E-state index < -0.39 is 0 Å². The Hall–Kier alpha value is -1.06. The number of benzene rings is 1. The van der Waals surface area contributed by atoms with Crippen molar-refractivity contribution in [1.82, 2.24) is 0 Å². The van der Waals surface area contributed by atoms with E-state index in [-0.39, 0.29) is 0 Å². The molecule has 1 aromatic rings. The third-order valence-corrected chi connectivity index (χ3v) is 3.53.